The second-order valence-electron chi connectivity index (χ2n) is 7.78. The summed E-state index contributed by atoms with van der Waals surface area (Å²) < 4.78 is 34.7. The molecule has 0 bridgehead atoms. The number of aromatic nitrogens is 2. The standard InChI is InChI=1S/C23H25N3O7S/c1-12-10-18(15(4)26(12)16-6-8-17(9-7-16)34(24,30)31)19(27)11-33-23(29)21-13(2)20(14(3)25-21)22(28)32-5/h6-10,25H,11H2,1-5H3,(H2,24,30,31). The number of benzene rings is 1. The number of aromatic amines is 1. The van der Waals surface area contributed by atoms with E-state index in [2.05, 4.69) is 4.98 Å². The third-order valence-corrected chi connectivity index (χ3v) is 6.45. The second kappa shape index (κ2) is 9.27. The zero-order valence-electron chi connectivity index (χ0n) is 19.4. The van der Waals surface area contributed by atoms with Crippen LogP contribution in [0.25, 0.3) is 5.69 Å². The molecule has 0 radical (unpaired) electrons. The third kappa shape index (κ3) is 4.66. The minimum Gasteiger partial charge on any atom is -0.465 e. The quantitative estimate of drug-likeness (QED) is 0.384. The molecule has 34 heavy (non-hydrogen) atoms. The molecule has 3 aromatic rings. The average Bonchev–Trinajstić information content (AvgIpc) is 3.25. The maximum Gasteiger partial charge on any atom is 0.355 e. The number of aryl methyl sites for hydroxylation is 2. The molecule has 0 unspecified atom stereocenters. The molecule has 3 rings (SSSR count). The minimum absolute atomic E-state index is 0.0212. The number of primary sulfonamides is 1. The fourth-order valence-electron chi connectivity index (χ4n) is 3.87. The Hall–Kier alpha value is -3.70. The summed E-state index contributed by atoms with van der Waals surface area (Å²) in [5, 5.41) is 5.14. The number of nitrogens with one attached hydrogen (secondary N) is 1. The molecule has 1 aromatic carbocycles. The molecule has 11 heteroatoms. The summed E-state index contributed by atoms with van der Waals surface area (Å²) in [5.41, 5.74) is 3.49. The Morgan fingerprint density at radius 2 is 1.65 bits per heavy atom. The maximum atomic E-state index is 12.8. The van der Waals surface area contributed by atoms with Crippen molar-refractivity contribution < 1.29 is 32.3 Å². The van der Waals surface area contributed by atoms with E-state index in [-0.39, 0.29) is 16.2 Å². The number of hydrogen-bond donors (Lipinski definition) is 2. The lowest BCUT2D eigenvalue weighted by atomic mass is 10.1. The van der Waals surface area contributed by atoms with E-state index in [9.17, 15) is 22.8 Å². The van der Waals surface area contributed by atoms with Crippen molar-refractivity contribution in [2.45, 2.75) is 32.6 Å². The molecule has 0 atom stereocenters. The van der Waals surface area contributed by atoms with Gasteiger partial charge in [-0.15, -0.1) is 0 Å². The summed E-state index contributed by atoms with van der Waals surface area (Å²) in [4.78, 5) is 40.1. The molecule has 0 spiro atoms. The minimum atomic E-state index is -3.82. The number of carbonyl (C=O) groups excluding carboxylic acids is 3. The first-order valence-corrected chi connectivity index (χ1v) is 11.7. The zero-order chi connectivity index (χ0) is 25.4. The number of Topliss-reactive ketones (excluding diaryl/α,β-unsaturated/α-hetero) is 1. The average molecular weight is 488 g/mol. The van der Waals surface area contributed by atoms with Crippen LogP contribution in [0.2, 0.25) is 0 Å². The summed E-state index contributed by atoms with van der Waals surface area (Å²) in [7, 11) is -2.57. The van der Waals surface area contributed by atoms with Crippen molar-refractivity contribution in [3.05, 3.63) is 69.8 Å². The summed E-state index contributed by atoms with van der Waals surface area (Å²) in [6, 6.07) is 7.61. The Balaban J connectivity index is 1.79. The highest BCUT2D eigenvalue weighted by Gasteiger charge is 2.25. The van der Waals surface area contributed by atoms with E-state index in [1.54, 1.807) is 50.5 Å². The number of ketones is 1. The molecule has 0 amide bonds. The van der Waals surface area contributed by atoms with Crippen LogP contribution < -0.4 is 5.14 Å². The van der Waals surface area contributed by atoms with Crippen molar-refractivity contribution in [2.24, 2.45) is 5.14 Å². The van der Waals surface area contributed by atoms with Crippen LogP contribution in [-0.4, -0.2) is 49.4 Å². The predicted octanol–water partition coefficient (Wildman–Crippen LogP) is 2.51. The number of rotatable bonds is 7. The van der Waals surface area contributed by atoms with Gasteiger partial charge in [-0.3, -0.25) is 4.79 Å². The van der Waals surface area contributed by atoms with Crippen molar-refractivity contribution in [3.8, 4) is 5.69 Å². The number of ether oxygens (including phenoxy) is 2. The van der Waals surface area contributed by atoms with Crippen LogP contribution in [0.4, 0.5) is 0 Å². The molecule has 10 nitrogen and oxygen atoms in total. The first-order valence-electron chi connectivity index (χ1n) is 10.2. The van der Waals surface area contributed by atoms with Crippen LogP contribution >= 0.6 is 0 Å². The molecule has 0 aliphatic carbocycles. The molecule has 3 N–H and O–H groups in total. The van der Waals surface area contributed by atoms with Crippen molar-refractivity contribution in [3.63, 3.8) is 0 Å². The van der Waals surface area contributed by atoms with Gasteiger partial charge in [0, 0.05) is 28.3 Å². The molecular formula is C23H25N3O7S. The molecule has 0 aliphatic rings. The van der Waals surface area contributed by atoms with Gasteiger partial charge >= 0.3 is 11.9 Å². The first-order chi connectivity index (χ1) is 15.9. The maximum absolute atomic E-state index is 12.8. The second-order valence-corrected chi connectivity index (χ2v) is 9.34. The van der Waals surface area contributed by atoms with Crippen molar-refractivity contribution >= 4 is 27.7 Å². The molecule has 2 heterocycles. The Kier molecular flexibility index (Phi) is 6.80. The Morgan fingerprint density at radius 3 is 2.21 bits per heavy atom. The molecule has 2 aromatic heterocycles. The summed E-state index contributed by atoms with van der Waals surface area (Å²) in [6.07, 6.45) is 0. The van der Waals surface area contributed by atoms with Crippen LogP contribution in [0.3, 0.4) is 0 Å². The number of nitrogens with two attached hydrogens (primary N) is 1. The van der Waals surface area contributed by atoms with Crippen molar-refractivity contribution in [1.29, 1.82) is 0 Å². The van der Waals surface area contributed by atoms with Gasteiger partial charge in [-0.05, 0) is 63.6 Å². The molecule has 0 saturated heterocycles. The normalized spacial score (nSPS) is 11.4. The molecule has 0 fully saturated rings. The van der Waals surface area contributed by atoms with Crippen LogP contribution in [-0.2, 0) is 19.5 Å². The zero-order valence-corrected chi connectivity index (χ0v) is 20.2. The number of H-pyrrole nitrogens is 1. The highest BCUT2D eigenvalue weighted by molar-refractivity contribution is 7.89. The third-order valence-electron chi connectivity index (χ3n) is 5.52. The van der Waals surface area contributed by atoms with E-state index in [1.165, 1.54) is 19.2 Å². The largest absolute Gasteiger partial charge is 0.465 e. The molecule has 0 aliphatic heterocycles. The fourth-order valence-corrected chi connectivity index (χ4v) is 4.39. The van der Waals surface area contributed by atoms with Gasteiger partial charge in [0.1, 0.15) is 5.69 Å². The lowest BCUT2D eigenvalue weighted by Gasteiger charge is -2.10. The van der Waals surface area contributed by atoms with Crippen LogP contribution in [0.15, 0.2) is 35.2 Å². The summed E-state index contributed by atoms with van der Waals surface area (Å²) >= 11 is 0. The number of carbonyl (C=O) groups is 3. The van der Waals surface area contributed by atoms with Gasteiger partial charge in [0.15, 0.2) is 6.61 Å². The number of methoxy groups -OCH3 is 1. The Labute approximate surface area is 196 Å². The van der Waals surface area contributed by atoms with E-state index in [4.69, 9.17) is 14.6 Å². The molecule has 180 valence electrons. The highest BCUT2D eigenvalue weighted by atomic mass is 32.2. The number of nitrogens with zero attached hydrogens (tertiary/aromatic N) is 1. The Bertz CT molecular complexity index is 1400. The van der Waals surface area contributed by atoms with Crippen molar-refractivity contribution in [1.82, 2.24) is 9.55 Å². The lowest BCUT2D eigenvalue weighted by molar-refractivity contribution is 0.0468. The smallest absolute Gasteiger partial charge is 0.355 e. The van der Waals surface area contributed by atoms with Gasteiger partial charge in [0.25, 0.3) is 0 Å². The topological polar surface area (TPSA) is 151 Å². The van der Waals surface area contributed by atoms with Crippen molar-refractivity contribution in [2.75, 3.05) is 13.7 Å². The Morgan fingerprint density at radius 1 is 1.03 bits per heavy atom. The molecule has 0 saturated carbocycles. The highest BCUT2D eigenvalue weighted by Crippen LogP contribution is 2.23. The van der Waals surface area contributed by atoms with E-state index in [0.29, 0.717) is 28.2 Å². The summed E-state index contributed by atoms with van der Waals surface area (Å²) in [5.74, 6) is -1.76. The van der Waals surface area contributed by atoms with E-state index < -0.39 is 34.4 Å². The van der Waals surface area contributed by atoms with Gasteiger partial charge in [0.2, 0.25) is 15.8 Å². The van der Waals surface area contributed by atoms with Crippen LogP contribution in [0.5, 0.6) is 0 Å². The van der Waals surface area contributed by atoms with Gasteiger partial charge in [-0.1, -0.05) is 0 Å². The first kappa shape index (κ1) is 24.9. The fraction of sp³-hybridized carbons (Fsp3) is 0.261. The van der Waals surface area contributed by atoms with E-state index >= 15 is 0 Å². The van der Waals surface area contributed by atoms with Gasteiger partial charge in [-0.2, -0.15) is 0 Å². The predicted molar refractivity (Wildman–Crippen MR) is 123 cm³/mol. The van der Waals surface area contributed by atoms with E-state index in [1.807, 2.05) is 0 Å². The SMILES string of the molecule is COC(=O)c1c(C)[nH]c(C(=O)OCC(=O)c2cc(C)n(-c3ccc(S(N)(=O)=O)cc3)c2C)c1C. The number of esters is 2. The summed E-state index contributed by atoms with van der Waals surface area (Å²) in [6.45, 7) is 6.24. The number of sulfonamides is 1. The van der Waals surface area contributed by atoms with Gasteiger partial charge < -0.3 is 19.0 Å². The lowest BCUT2D eigenvalue weighted by Crippen LogP contribution is -2.16. The van der Waals surface area contributed by atoms with Gasteiger partial charge in [-0.25, -0.2) is 23.1 Å². The van der Waals surface area contributed by atoms with Crippen LogP contribution in [0.1, 0.15) is 53.8 Å². The number of hydrogen-bond acceptors (Lipinski definition) is 7. The van der Waals surface area contributed by atoms with Crippen LogP contribution in [0, 0.1) is 27.7 Å². The monoisotopic (exact) mass is 487 g/mol. The van der Waals surface area contributed by atoms with Gasteiger partial charge in [0.05, 0.1) is 17.6 Å². The molecular weight excluding hydrogens is 462 g/mol. The van der Waals surface area contributed by atoms with E-state index in [0.717, 1.165) is 5.69 Å².